The number of aromatic nitrogens is 1. The lowest BCUT2D eigenvalue weighted by Gasteiger charge is -2.25. The zero-order valence-electron chi connectivity index (χ0n) is 27.8. The van der Waals surface area contributed by atoms with Crippen LogP contribution in [0.25, 0.3) is 0 Å². The summed E-state index contributed by atoms with van der Waals surface area (Å²) in [5.74, 6) is -2.79. The molecule has 2 aromatic carbocycles. The minimum atomic E-state index is -1.04. The second kappa shape index (κ2) is 20.4. The average Bonchev–Trinajstić information content (AvgIpc) is 3.10. The van der Waals surface area contributed by atoms with Crippen molar-refractivity contribution in [1.29, 1.82) is 10.8 Å². The van der Waals surface area contributed by atoms with Crippen molar-refractivity contribution < 1.29 is 23.9 Å². The fourth-order valence-electron chi connectivity index (χ4n) is 5.07. The molecule has 266 valence electrons. The predicted octanol–water partition coefficient (Wildman–Crippen LogP) is 1.51. The van der Waals surface area contributed by atoms with Gasteiger partial charge in [0.25, 0.3) is 0 Å². The fourth-order valence-corrected chi connectivity index (χ4v) is 5.07. The van der Waals surface area contributed by atoms with E-state index in [1.54, 1.807) is 48.8 Å². The maximum absolute atomic E-state index is 13.9. The molecular formula is C35H46N10O5. The van der Waals surface area contributed by atoms with Crippen LogP contribution in [0, 0.1) is 10.8 Å². The molecule has 15 nitrogen and oxygen atoms in total. The molecule has 12 N–H and O–H groups in total. The Balaban J connectivity index is 1.69. The molecule has 0 bridgehead atoms. The summed E-state index contributed by atoms with van der Waals surface area (Å²) in [5.41, 5.74) is 19.3. The molecule has 1 aromatic heterocycles. The third kappa shape index (κ3) is 13.6. The number of nitrogen functional groups attached to an aromatic ring is 1. The highest BCUT2D eigenvalue weighted by Crippen LogP contribution is 2.22. The Morgan fingerprint density at radius 3 is 2.06 bits per heavy atom. The SMILES string of the molecule is N=C(N)NCCCC(NC(=O)C(CCCCNC(=O)OCc1ccccc1)NC(=O)[C@@H](Cc1ccc(C(=N)N)cc1)c1cccnc1)C(N)=O. The average molecular weight is 687 g/mol. The molecule has 3 aromatic rings. The number of carbonyl (C=O) groups is 4. The number of nitrogens with two attached hydrogens (primary N) is 3. The molecule has 2 unspecified atom stereocenters. The van der Waals surface area contributed by atoms with Gasteiger partial charge in [0, 0.05) is 31.0 Å². The first-order valence-electron chi connectivity index (χ1n) is 16.3. The van der Waals surface area contributed by atoms with E-state index in [4.69, 9.17) is 32.8 Å². The molecule has 0 saturated carbocycles. The molecule has 0 radical (unpaired) electrons. The number of rotatable bonds is 20. The number of benzene rings is 2. The number of amidine groups is 1. The number of primary amides is 1. The molecule has 0 aliphatic carbocycles. The van der Waals surface area contributed by atoms with Crippen molar-refractivity contribution in [3.05, 3.63) is 101 Å². The van der Waals surface area contributed by atoms with Crippen LogP contribution in [-0.4, -0.2) is 65.8 Å². The number of pyridine rings is 1. The van der Waals surface area contributed by atoms with Crippen LogP contribution >= 0.6 is 0 Å². The highest BCUT2D eigenvalue weighted by Gasteiger charge is 2.29. The van der Waals surface area contributed by atoms with Crippen molar-refractivity contribution in [3.8, 4) is 0 Å². The van der Waals surface area contributed by atoms with Gasteiger partial charge < -0.3 is 43.2 Å². The first-order valence-corrected chi connectivity index (χ1v) is 16.3. The molecule has 3 rings (SSSR count). The molecule has 0 aliphatic heterocycles. The van der Waals surface area contributed by atoms with E-state index in [1.807, 2.05) is 30.3 Å². The normalized spacial score (nSPS) is 12.4. The van der Waals surface area contributed by atoms with Gasteiger partial charge in [-0.25, -0.2) is 4.79 Å². The van der Waals surface area contributed by atoms with E-state index < -0.39 is 41.8 Å². The van der Waals surface area contributed by atoms with Crippen molar-refractivity contribution in [2.75, 3.05) is 13.1 Å². The van der Waals surface area contributed by atoms with Gasteiger partial charge in [0.1, 0.15) is 24.5 Å². The number of hydrogen-bond acceptors (Lipinski definition) is 8. The molecule has 0 saturated heterocycles. The fraction of sp³-hybridized carbons (Fsp3) is 0.343. The number of nitrogens with zero attached hydrogens (tertiary/aromatic N) is 1. The van der Waals surface area contributed by atoms with Gasteiger partial charge in [-0.05, 0) is 61.3 Å². The van der Waals surface area contributed by atoms with Crippen LogP contribution in [0.5, 0.6) is 0 Å². The van der Waals surface area contributed by atoms with Gasteiger partial charge in [-0.15, -0.1) is 0 Å². The summed E-state index contributed by atoms with van der Waals surface area (Å²) < 4.78 is 5.24. The number of hydrogen-bond donors (Lipinski definition) is 9. The van der Waals surface area contributed by atoms with E-state index in [2.05, 4.69) is 26.3 Å². The van der Waals surface area contributed by atoms with Crippen LogP contribution < -0.4 is 38.5 Å². The molecular weight excluding hydrogens is 640 g/mol. The van der Waals surface area contributed by atoms with Crippen LogP contribution in [0.15, 0.2) is 79.1 Å². The summed E-state index contributed by atoms with van der Waals surface area (Å²) in [5, 5.41) is 25.8. The van der Waals surface area contributed by atoms with Crippen LogP contribution in [-0.2, 0) is 32.1 Å². The highest BCUT2D eigenvalue weighted by atomic mass is 16.5. The Hall–Kier alpha value is -5.99. The Morgan fingerprint density at radius 2 is 1.42 bits per heavy atom. The number of guanidine groups is 1. The lowest BCUT2D eigenvalue weighted by Crippen LogP contribution is -2.53. The zero-order valence-corrected chi connectivity index (χ0v) is 27.8. The molecule has 50 heavy (non-hydrogen) atoms. The standard InChI is InChI=1S/C35H46N10O5/c36-30(37)25-15-13-23(14-16-25)20-27(26-10-6-17-41-21-26)32(47)45-29(33(48)44-28(31(38)46)12-7-19-42-34(39)40)11-4-5-18-43-35(49)50-22-24-8-2-1-3-9-24/h1-3,6,8-10,13-17,21,27-29H,4-5,7,11-12,18-20,22H2,(H3,36,37)(H2,38,46)(H,43,49)(H,44,48)(H,45,47)(H4,39,40,42)/t27-,28?,29?/m0/s1. The van der Waals surface area contributed by atoms with E-state index >= 15 is 0 Å². The molecule has 15 heteroatoms. The van der Waals surface area contributed by atoms with E-state index in [-0.39, 0.29) is 44.2 Å². The van der Waals surface area contributed by atoms with Crippen molar-refractivity contribution >= 4 is 35.6 Å². The number of alkyl carbamates (subject to hydrolysis) is 1. The zero-order chi connectivity index (χ0) is 36.3. The molecule has 0 fully saturated rings. The molecule has 4 amide bonds. The van der Waals surface area contributed by atoms with Gasteiger partial charge in [0.15, 0.2) is 5.96 Å². The van der Waals surface area contributed by atoms with Crippen LogP contribution in [0.2, 0.25) is 0 Å². The van der Waals surface area contributed by atoms with E-state index in [9.17, 15) is 19.2 Å². The number of ether oxygens (including phenoxy) is 1. The van der Waals surface area contributed by atoms with Crippen LogP contribution in [0.4, 0.5) is 4.79 Å². The summed E-state index contributed by atoms with van der Waals surface area (Å²) in [6, 6.07) is 17.7. The summed E-state index contributed by atoms with van der Waals surface area (Å²) in [6.07, 6.45) is 4.57. The number of carbonyl (C=O) groups excluding carboxylic acids is 4. The first kappa shape index (κ1) is 38.5. The third-order valence-corrected chi connectivity index (χ3v) is 7.79. The Kier molecular flexibility index (Phi) is 15.7. The van der Waals surface area contributed by atoms with Crippen LogP contribution in [0.3, 0.4) is 0 Å². The summed E-state index contributed by atoms with van der Waals surface area (Å²) >= 11 is 0. The van der Waals surface area contributed by atoms with Gasteiger partial charge in [0.05, 0.1) is 5.92 Å². The van der Waals surface area contributed by atoms with E-state index in [0.717, 1.165) is 11.1 Å². The highest BCUT2D eigenvalue weighted by molar-refractivity contribution is 5.95. The largest absolute Gasteiger partial charge is 0.445 e. The maximum atomic E-state index is 13.9. The van der Waals surface area contributed by atoms with Crippen molar-refractivity contribution in [3.63, 3.8) is 0 Å². The second-order valence-electron chi connectivity index (χ2n) is 11.6. The van der Waals surface area contributed by atoms with Gasteiger partial charge in [0.2, 0.25) is 17.7 Å². The summed E-state index contributed by atoms with van der Waals surface area (Å²) in [7, 11) is 0. The quantitative estimate of drug-likeness (QED) is 0.0473. The number of unbranched alkanes of at least 4 members (excludes halogenated alkanes) is 1. The topological polar surface area (TPSA) is 264 Å². The van der Waals surface area contributed by atoms with Crippen molar-refractivity contribution in [1.82, 2.24) is 26.3 Å². The molecule has 0 aliphatic rings. The van der Waals surface area contributed by atoms with Gasteiger partial charge in [-0.2, -0.15) is 0 Å². The Bertz CT molecular complexity index is 1570. The minimum absolute atomic E-state index is 0.0735. The van der Waals surface area contributed by atoms with Crippen LogP contribution in [0.1, 0.15) is 60.3 Å². The second-order valence-corrected chi connectivity index (χ2v) is 11.6. The molecule has 1 heterocycles. The molecule has 3 atom stereocenters. The van der Waals surface area contributed by atoms with Gasteiger partial charge in [-0.3, -0.25) is 30.2 Å². The third-order valence-electron chi connectivity index (χ3n) is 7.79. The summed E-state index contributed by atoms with van der Waals surface area (Å²) in [4.78, 5) is 56.1. The van der Waals surface area contributed by atoms with Crippen molar-refractivity contribution in [2.24, 2.45) is 17.2 Å². The maximum Gasteiger partial charge on any atom is 0.407 e. The lowest BCUT2D eigenvalue weighted by atomic mass is 9.91. The summed E-state index contributed by atoms with van der Waals surface area (Å²) in [6.45, 7) is 0.708. The van der Waals surface area contributed by atoms with Gasteiger partial charge >= 0.3 is 6.09 Å². The van der Waals surface area contributed by atoms with E-state index in [0.29, 0.717) is 36.9 Å². The van der Waals surface area contributed by atoms with Crippen molar-refractivity contribution in [2.45, 2.75) is 63.1 Å². The minimum Gasteiger partial charge on any atom is -0.445 e. The monoisotopic (exact) mass is 686 g/mol. The predicted molar refractivity (Wildman–Crippen MR) is 189 cm³/mol. The van der Waals surface area contributed by atoms with E-state index in [1.165, 1.54) is 0 Å². The van der Waals surface area contributed by atoms with Gasteiger partial charge in [-0.1, -0.05) is 60.7 Å². The Morgan fingerprint density at radius 1 is 0.740 bits per heavy atom. The number of nitrogens with one attached hydrogen (secondary N) is 6. The smallest absolute Gasteiger partial charge is 0.407 e. The lowest BCUT2D eigenvalue weighted by molar-refractivity contribution is -0.132. The number of amides is 4. The Labute approximate surface area is 291 Å². The molecule has 0 spiro atoms. The first-order chi connectivity index (χ1) is 24.0.